The fourth-order valence-corrected chi connectivity index (χ4v) is 3.98. The molecule has 4 heterocycles. The fourth-order valence-electron chi connectivity index (χ4n) is 3.98. The predicted octanol–water partition coefficient (Wildman–Crippen LogP) is -1.38. The summed E-state index contributed by atoms with van der Waals surface area (Å²) in [5.41, 5.74) is 0.942. The van der Waals surface area contributed by atoms with E-state index < -0.39 is 11.6 Å². The van der Waals surface area contributed by atoms with Gasteiger partial charge in [0.15, 0.2) is 0 Å². The largest absolute Gasteiger partial charge is 1.00 e. The van der Waals surface area contributed by atoms with Gasteiger partial charge in [-0.05, 0) is 30.2 Å². The Kier molecular flexibility index (Phi) is 4.55. The Morgan fingerprint density at radius 1 is 1.29 bits per heavy atom. The van der Waals surface area contributed by atoms with Crippen LogP contribution in [-0.4, -0.2) is 15.5 Å². The van der Waals surface area contributed by atoms with Gasteiger partial charge < -0.3 is 14.4 Å². The SMILES string of the molecule is C=CCC1([O-])C(=O)OCc2c1cc1n(c2=O)Cc2cc3ccccc3nc2-1.[Na+]. The normalized spacial score (nSPS) is 19.2. The van der Waals surface area contributed by atoms with Gasteiger partial charge >= 0.3 is 29.6 Å². The number of para-hydroxylation sites is 1. The van der Waals surface area contributed by atoms with Crippen LogP contribution in [0, 0.1) is 0 Å². The first-order valence-electron chi connectivity index (χ1n) is 8.68. The number of carbonyl (C=O) groups is 1. The number of aromatic nitrogens is 2. The van der Waals surface area contributed by atoms with E-state index in [2.05, 4.69) is 6.58 Å². The van der Waals surface area contributed by atoms with Crippen LogP contribution in [0.25, 0.3) is 22.3 Å². The van der Waals surface area contributed by atoms with Gasteiger partial charge in [0.25, 0.3) is 11.5 Å². The number of hydrogen-bond donors (Lipinski definition) is 0. The molecule has 2 aromatic heterocycles. The van der Waals surface area contributed by atoms with E-state index in [1.54, 1.807) is 10.6 Å². The summed E-state index contributed by atoms with van der Waals surface area (Å²) in [4.78, 5) is 29.9. The molecular formula is C21H15N2NaO4. The summed E-state index contributed by atoms with van der Waals surface area (Å²) >= 11 is 0. The van der Waals surface area contributed by atoms with E-state index in [0.717, 1.165) is 16.5 Å². The van der Waals surface area contributed by atoms with E-state index in [1.807, 2.05) is 30.3 Å². The van der Waals surface area contributed by atoms with Crippen LogP contribution < -0.4 is 40.2 Å². The molecule has 2 aliphatic rings. The Balaban J connectivity index is 0.00000192. The topological polar surface area (TPSA) is 84.2 Å². The molecule has 0 amide bonds. The molecule has 0 saturated carbocycles. The molecule has 0 saturated heterocycles. The second-order valence-corrected chi connectivity index (χ2v) is 6.90. The smallest absolute Gasteiger partial charge is 0.837 e. The molecule has 7 heteroatoms. The average molecular weight is 382 g/mol. The standard InChI is InChI=1S/C21H15N2O4.Na/c1-2-7-21(26)15-9-17-18-13(8-12-5-3-4-6-16(12)22-18)10-23(17)19(24)14(15)11-27-20(21)25;/h2-6,8-9H,1,7,10-11H2;/q-1;+1. The molecule has 3 aromatic rings. The van der Waals surface area contributed by atoms with Gasteiger partial charge in [-0.1, -0.05) is 24.3 Å². The summed E-state index contributed by atoms with van der Waals surface area (Å²) < 4.78 is 6.63. The van der Waals surface area contributed by atoms with Crippen molar-refractivity contribution < 1.29 is 44.2 Å². The molecule has 134 valence electrons. The first kappa shape index (κ1) is 19.1. The van der Waals surface area contributed by atoms with Gasteiger partial charge in [-0.3, -0.25) is 9.59 Å². The van der Waals surface area contributed by atoms with Crippen molar-refractivity contribution >= 4 is 16.9 Å². The Bertz CT molecular complexity index is 1220. The zero-order valence-electron chi connectivity index (χ0n) is 15.4. The Labute approximate surface area is 182 Å². The zero-order chi connectivity index (χ0) is 18.8. The number of fused-ring (bicyclic) bond motifs is 5. The van der Waals surface area contributed by atoms with Gasteiger partial charge in [0.1, 0.15) is 6.61 Å². The molecule has 0 fully saturated rings. The number of hydrogen-bond acceptors (Lipinski definition) is 5. The predicted molar refractivity (Wildman–Crippen MR) is 96.8 cm³/mol. The molecule has 2 aliphatic heterocycles. The summed E-state index contributed by atoms with van der Waals surface area (Å²) in [6.07, 6.45) is 1.24. The maximum absolute atomic E-state index is 13.2. The quantitative estimate of drug-likeness (QED) is 0.242. The van der Waals surface area contributed by atoms with Crippen molar-refractivity contribution in [3.05, 3.63) is 76.1 Å². The second-order valence-electron chi connectivity index (χ2n) is 6.90. The molecule has 0 N–H and O–H groups in total. The van der Waals surface area contributed by atoms with Gasteiger partial charge in [0.05, 0.1) is 29.0 Å². The fraction of sp³-hybridized carbons (Fsp3) is 0.190. The van der Waals surface area contributed by atoms with E-state index in [1.165, 1.54) is 6.08 Å². The minimum Gasteiger partial charge on any atom is -0.837 e. The maximum atomic E-state index is 13.2. The van der Waals surface area contributed by atoms with Crippen molar-refractivity contribution in [2.45, 2.75) is 25.2 Å². The monoisotopic (exact) mass is 382 g/mol. The van der Waals surface area contributed by atoms with E-state index in [9.17, 15) is 14.7 Å². The van der Waals surface area contributed by atoms with E-state index in [-0.39, 0.29) is 59.3 Å². The second kappa shape index (κ2) is 6.67. The summed E-state index contributed by atoms with van der Waals surface area (Å²) in [5, 5.41) is 14.2. The van der Waals surface area contributed by atoms with Gasteiger partial charge in [0, 0.05) is 16.6 Å². The Hall–Kier alpha value is -2.25. The average Bonchev–Trinajstić information content (AvgIpc) is 3.02. The molecule has 1 unspecified atom stereocenters. The molecular weight excluding hydrogens is 367 g/mol. The van der Waals surface area contributed by atoms with Crippen LogP contribution >= 0.6 is 0 Å². The third-order valence-electron chi connectivity index (χ3n) is 5.32. The summed E-state index contributed by atoms with van der Waals surface area (Å²) in [7, 11) is 0. The number of cyclic esters (lactones) is 1. The van der Waals surface area contributed by atoms with Crippen molar-refractivity contribution in [3.8, 4) is 11.4 Å². The number of esters is 1. The van der Waals surface area contributed by atoms with Crippen LogP contribution in [0.2, 0.25) is 0 Å². The van der Waals surface area contributed by atoms with Gasteiger partial charge in [-0.15, -0.1) is 6.58 Å². The van der Waals surface area contributed by atoms with Gasteiger partial charge in [0.2, 0.25) is 0 Å². The molecule has 0 spiro atoms. The number of benzene rings is 1. The van der Waals surface area contributed by atoms with Crippen LogP contribution in [0.15, 0.2) is 53.8 Å². The third kappa shape index (κ3) is 2.53. The number of carbonyl (C=O) groups excluding carboxylic acids is 1. The number of rotatable bonds is 2. The zero-order valence-corrected chi connectivity index (χ0v) is 17.4. The summed E-state index contributed by atoms with van der Waals surface area (Å²) in [6.45, 7) is 3.77. The minimum atomic E-state index is -2.15. The summed E-state index contributed by atoms with van der Waals surface area (Å²) in [5.74, 6) is -0.871. The molecule has 0 radical (unpaired) electrons. The molecule has 6 nitrogen and oxygen atoms in total. The first-order valence-corrected chi connectivity index (χ1v) is 8.68. The Morgan fingerprint density at radius 2 is 2.07 bits per heavy atom. The van der Waals surface area contributed by atoms with E-state index >= 15 is 0 Å². The minimum absolute atomic E-state index is 0. The van der Waals surface area contributed by atoms with Crippen LogP contribution in [0.5, 0.6) is 0 Å². The molecule has 0 bridgehead atoms. The molecule has 28 heavy (non-hydrogen) atoms. The van der Waals surface area contributed by atoms with Gasteiger partial charge in [-0.25, -0.2) is 4.98 Å². The van der Waals surface area contributed by atoms with Crippen molar-refractivity contribution in [2.75, 3.05) is 0 Å². The molecule has 1 aromatic carbocycles. The van der Waals surface area contributed by atoms with Crippen molar-refractivity contribution in [3.63, 3.8) is 0 Å². The van der Waals surface area contributed by atoms with Crippen LogP contribution in [0.4, 0.5) is 0 Å². The van der Waals surface area contributed by atoms with E-state index in [4.69, 9.17) is 9.72 Å². The van der Waals surface area contributed by atoms with Crippen LogP contribution in [0.3, 0.4) is 0 Å². The van der Waals surface area contributed by atoms with Crippen molar-refractivity contribution in [2.24, 2.45) is 0 Å². The third-order valence-corrected chi connectivity index (χ3v) is 5.32. The van der Waals surface area contributed by atoms with E-state index in [0.29, 0.717) is 17.9 Å². The Morgan fingerprint density at radius 3 is 2.86 bits per heavy atom. The number of nitrogens with zero attached hydrogens (tertiary/aromatic N) is 2. The number of pyridine rings is 2. The van der Waals surface area contributed by atoms with Crippen LogP contribution in [0.1, 0.15) is 23.1 Å². The molecule has 0 aliphatic carbocycles. The van der Waals surface area contributed by atoms with Crippen molar-refractivity contribution in [1.29, 1.82) is 0 Å². The summed E-state index contributed by atoms with van der Waals surface area (Å²) in [6, 6.07) is 11.4. The molecule has 1 atom stereocenters. The van der Waals surface area contributed by atoms with Gasteiger partial charge in [-0.2, -0.15) is 0 Å². The first-order chi connectivity index (χ1) is 13.0. The molecule has 5 rings (SSSR count). The maximum Gasteiger partial charge on any atom is 1.00 e. The van der Waals surface area contributed by atoms with Crippen molar-refractivity contribution in [1.82, 2.24) is 9.55 Å². The number of ether oxygens (including phenoxy) is 1. The van der Waals surface area contributed by atoms with Crippen LogP contribution in [-0.2, 0) is 28.3 Å².